The number of hydrogen-bond donors (Lipinski definition) is 0. The smallest absolute Gasteiger partial charge is 0.323 e. The number of ether oxygens (including phenoxy) is 1. The third-order valence-corrected chi connectivity index (χ3v) is 4.43. The van der Waals surface area contributed by atoms with E-state index in [1.54, 1.807) is 11.8 Å². The van der Waals surface area contributed by atoms with Crippen molar-refractivity contribution in [2.45, 2.75) is 17.9 Å². The molecule has 2 aromatic rings. The van der Waals surface area contributed by atoms with Gasteiger partial charge in [0.2, 0.25) is 0 Å². The van der Waals surface area contributed by atoms with Crippen LogP contribution in [0.15, 0.2) is 54.6 Å². The zero-order chi connectivity index (χ0) is 14.4. The van der Waals surface area contributed by atoms with Gasteiger partial charge in [-0.15, -0.1) is 11.8 Å². The van der Waals surface area contributed by atoms with Gasteiger partial charge in [0.25, 0.3) is 0 Å². The van der Waals surface area contributed by atoms with Gasteiger partial charge < -0.3 is 4.74 Å². The summed E-state index contributed by atoms with van der Waals surface area (Å²) in [5.41, 5.74) is 3.35. The molecule has 0 aliphatic carbocycles. The molecule has 0 bridgehead atoms. The van der Waals surface area contributed by atoms with Crippen LogP contribution >= 0.6 is 11.8 Å². The van der Waals surface area contributed by atoms with Gasteiger partial charge in [0.1, 0.15) is 5.25 Å². The molecule has 2 nitrogen and oxygen atoms in total. The lowest BCUT2D eigenvalue weighted by molar-refractivity contribution is -0.140. The summed E-state index contributed by atoms with van der Waals surface area (Å²) in [7, 11) is 1.44. The molecule has 20 heavy (non-hydrogen) atoms. The highest BCUT2D eigenvalue weighted by molar-refractivity contribution is 7.99. The van der Waals surface area contributed by atoms with Gasteiger partial charge in [-0.25, -0.2) is 0 Å². The standard InChI is InChI=1S/C17H18O2S/c1-13-8-6-7-11-15(13)16(17(18)19-2)20-12-14-9-4-3-5-10-14/h3-11,16H,12H2,1-2H3. The van der Waals surface area contributed by atoms with Crippen LogP contribution in [0.25, 0.3) is 0 Å². The van der Waals surface area contributed by atoms with E-state index in [4.69, 9.17) is 4.74 Å². The third-order valence-electron chi connectivity index (χ3n) is 3.15. The molecule has 0 saturated heterocycles. The molecule has 104 valence electrons. The zero-order valence-electron chi connectivity index (χ0n) is 11.7. The van der Waals surface area contributed by atoms with E-state index in [0.717, 1.165) is 16.9 Å². The number of carbonyl (C=O) groups is 1. The number of carbonyl (C=O) groups excluding carboxylic acids is 1. The summed E-state index contributed by atoms with van der Waals surface area (Å²) in [6.45, 7) is 2.02. The van der Waals surface area contributed by atoms with Gasteiger partial charge in [0.15, 0.2) is 0 Å². The topological polar surface area (TPSA) is 26.3 Å². The minimum atomic E-state index is -0.276. The first kappa shape index (κ1) is 14.7. The molecule has 0 aliphatic heterocycles. The summed E-state index contributed by atoms with van der Waals surface area (Å²) in [5, 5.41) is -0.276. The Hall–Kier alpha value is -1.74. The number of aryl methyl sites for hydroxylation is 1. The van der Waals surface area contributed by atoms with E-state index in [1.807, 2.05) is 49.4 Å². The number of thioether (sulfide) groups is 1. The first-order valence-corrected chi connectivity index (χ1v) is 7.56. The minimum absolute atomic E-state index is 0.194. The molecule has 1 atom stereocenters. The molecule has 0 amide bonds. The van der Waals surface area contributed by atoms with E-state index >= 15 is 0 Å². The second-order valence-corrected chi connectivity index (χ2v) is 5.65. The Kier molecular flexibility index (Phi) is 5.24. The average molecular weight is 286 g/mol. The van der Waals surface area contributed by atoms with E-state index in [0.29, 0.717) is 0 Å². The first-order valence-electron chi connectivity index (χ1n) is 6.51. The van der Waals surface area contributed by atoms with Crippen LogP contribution in [-0.2, 0) is 15.3 Å². The summed E-state index contributed by atoms with van der Waals surface area (Å²) >= 11 is 1.60. The van der Waals surface area contributed by atoms with Gasteiger partial charge in [-0.05, 0) is 23.6 Å². The van der Waals surface area contributed by atoms with Crippen molar-refractivity contribution < 1.29 is 9.53 Å². The molecule has 0 fully saturated rings. The number of methoxy groups -OCH3 is 1. The van der Waals surface area contributed by atoms with E-state index < -0.39 is 0 Å². The second kappa shape index (κ2) is 7.15. The highest BCUT2D eigenvalue weighted by Crippen LogP contribution is 2.34. The van der Waals surface area contributed by atoms with Crippen molar-refractivity contribution in [3.63, 3.8) is 0 Å². The van der Waals surface area contributed by atoms with Gasteiger partial charge in [-0.2, -0.15) is 0 Å². The van der Waals surface area contributed by atoms with Crippen LogP contribution in [0.1, 0.15) is 21.9 Å². The fourth-order valence-corrected chi connectivity index (χ4v) is 3.25. The third kappa shape index (κ3) is 3.64. The van der Waals surface area contributed by atoms with Crippen molar-refractivity contribution in [3.05, 3.63) is 71.3 Å². The highest BCUT2D eigenvalue weighted by atomic mass is 32.2. The van der Waals surface area contributed by atoms with Crippen LogP contribution in [0.3, 0.4) is 0 Å². The van der Waals surface area contributed by atoms with Crippen molar-refractivity contribution in [1.29, 1.82) is 0 Å². The minimum Gasteiger partial charge on any atom is -0.468 e. The molecule has 1 unspecified atom stereocenters. The lowest BCUT2D eigenvalue weighted by atomic mass is 10.1. The molecule has 0 aromatic heterocycles. The maximum atomic E-state index is 12.0. The van der Waals surface area contributed by atoms with Gasteiger partial charge in [0, 0.05) is 5.75 Å². The Morgan fingerprint density at radius 3 is 2.40 bits per heavy atom. The van der Waals surface area contributed by atoms with Gasteiger partial charge >= 0.3 is 5.97 Å². The van der Waals surface area contributed by atoms with Crippen LogP contribution < -0.4 is 0 Å². The van der Waals surface area contributed by atoms with Crippen molar-refractivity contribution in [2.24, 2.45) is 0 Å². The Balaban J connectivity index is 2.17. The largest absolute Gasteiger partial charge is 0.468 e. The van der Waals surface area contributed by atoms with Gasteiger partial charge in [-0.1, -0.05) is 54.6 Å². The molecule has 0 spiro atoms. The highest BCUT2D eigenvalue weighted by Gasteiger charge is 2.23. The van der Waals surface area contributed by atoms with Crippen molar-refractivity contribution >= 4 is 17.7 Å². The van der Waals surface area contributed by atoms with Gasteiger partial charge in [0.05, 0.1) is 7.11 Å². The monoisotopic (exact) mass is 286 g/mol. The average Bonchev–Trinajstić information content (AvgIpc) is 2.50. The Morgan fingerprint density at radius 2 is 1.75 bits per heavy atom. The SMILES string of the molecule is COC(=O)C(SCc1ccccc1)c1ccccc1C. The number of rotatable bonds is 5. The zero-order valence-corrected chi connectivity index (χ0v) is 12.5. The Morgan fingerprint density at radius 1 is 1.10 bits per heavy atom. The van der Waals surface area contributed by atoms with E-state index in [9.17, 15) is 4.79 Å². The molecule has 0 saturated carbocycles. The molecule has 0 radical (unpaired) electrons. The summed E-state index contributed by atoms with van der Waals surface area (Å²) in [6, 6.07) is 18.1. The van der Waals surface area contributed by atoms with Crippen LogP contribution in [0, 0.1) is 6.92 Å². The molecule has 0 N–H and O–H groups in total. The predicted octanol–water partition coefficient (Wildman–Crippen LogP) is 4.14. The summed E-state index contributed by atoms with van der Waals surface area (Å²) in [5.74, 6) is 0.592. The van der Waals surface area contributed by atoms with E-state index in [-0.39, 0.29) is 11.2 Å². The van der Waals surface area contributed by atoms with Gasteiger partial charge in [-0.3, -0.25) is 4.79 Å². The van der Waals surface area contributed by atoms with E-state index in [2.05, 4.69) is 12.1 Å². The van der Waals surface area contributed by atoms with Crippen molar-refractivity contribution in [2.75, 3.05) is 7.11 Å². The summed E-state index contributed by atoms with van der Waals surface area (Å²) in [6.07, 6.45) is 0. The quantitative estimate of drug-likeness (QED) is 0.773. The van der Waals surface area contributed by atoms with Crippen molar-refractivity contribution in [3.8, 4) is 0 Å². The molecule has 2 rings (SSSR count). The van der Waals surface area contributed by atoms with Crippen LogP contribution in [0.5, 0.6) is 0 Å². The maximum absolute atomic E-state index is 12.0. The lowest BCUT2D eigenvalue weighted by Gasteiger charge is -2.16. The fourth-order valence-electron chi connectivity index (χ4n) is 2.03. The maximum Gasteiger partial charge on any atom is 0.323 e. The molecule has 3 heteroatoms. The molecular formula is C17H18O2S. The Labute approximate surface area is 124 Å². The molecule has 0 heterocycles. The van der Waals surface area contributed by atoms with Crippen LogP contribution in [0.2, 0.25) is 0 Å². The second-order valence-electron chi connectivity index (χ2n) is 4.56. The lowest BCUT2D eigenvalue weighted by Crippen LogP contribution is -2.12. The summed E-state index contributed by atoms with van der Waals surface area (Å²) in [4.78, 5) is 12.0. The predicted molar refractivity (Wildman–Crippen MR) is 83.7 cm³/mol. The molecule has 2 aromatic carbocycles. The number of benzene rings is 2. The number of hydrogen-bond acceptors (Lipinski definition) is 3. The van der Waals surface area contributed by atoms with Crippen LogP contribution in [-0.4, -0.2) is 13.1 Å². The first-order chi connectivity index (χ1) is 9.72. The van der Waals surface area contributed by atoms with Crippen molar-refractivity contribution in [1.82, 2.24) is 0 Å². The van der Waals surface area contributed by atoms with Crippen LogP contribution in [0.4, 0.5) is 0 Å². The summed E-state index contributed by atoms with van der Waals surface area (Å²) < 4.78 is 4.95. The number of esters is 1. The Bertz CT molecular complexity index is 566. The van der Waals surface area contributed by atoms with E-state index in [1.165, 1.54) is 12.7 Å². The molecular weight excluding hydrogens is 268 g/mol. The normalized spacial score (nSPS) is 11.9. The fraction of sp³-hybridized carbons (Fsp3) is 0.235. The molecule has 0 aliphatic rings.